The first-order chi connectivity index (χ1) is 20.7. The minimum atomic E-state index is -0.555. The fourth-order valence-corrected chi connectivity index (χ4v) is 4.88. The van der Waals surface area contributed by atoms with E-state index in [1.54, 1.807) is 48.3 Å². The van der Waals surface area contributed by atoms with Gasteiger partial charge in [0, 0.05) is 62.9 Å². The van der Waals surface area contributed by atoms with Gasteiger partial charge in [0.25, 0.3) is 5.91 Å². The van der Waals surface area contributed by atoms with Crippen molar-refractivity contribution in [2.75, 3.05) is 76.1 Å². The van der Waals surface area contributed by atoms with Crippen LogP contribution in [-0.4, -0.2) is 96.8 Å². The van der Waals surface area contributed by atoms with Crippen LogP contribution < -0.4 is 15.5 Å². The van der Waals surface area contributed by atoms with Crippen LogP contribution in [0, 0.1) is 5.82 Å². The van der Waals surface area contributed by atoms with Crippen LogP contribution in [0.1, 0.15) is 17.3 Å². The maximum Gasteiger partial charge on any atom is 0.323 e. The van der Waals surface area contributed by atoms with Crippen molar-refractivity contribution in [3.63, 3.8) is 0 Å². The molecule has 12 heteroatoms. The van der Waals surface area contributed by atoms with E-state index in [2.05, 4.69) is 15.5 Å². The van der Waals surface area contributed by atoms with Crippen LogP contribution in [0.4, 0.5) is 26.4 Å². The summed E-state index contributed by atoms with van der Waals surface area (Å²) in [5, 5.41) is 6.29. The van der Waals surface area contributed by atoms with Gasteiger partial charge in [0.15, 0.2) is 5.82 Å². The van der Waals surface area contributed by atoms with Gasteiger partial charge in [-0.15, -0.1) is 0 Å². The zero-order valence-corrected chi connectivity index (χ0v) is 24.9. The summed E-state index contributed by atoms with van der Waals surface area (Å²) >= 11 is 0. The van der Waals surface area contributed by atoms with Gasteiger partial charge in [-0.2, -0.15) is 0 Å². The van der Waals surface area contributed by atoms with E-state index < -0.39 is 11.8 Å². The largest absolute Gasteiger partial charge is 0.378 e. The highest BCUT2D eigenvalue weighted by Crippen LogP contribution is 2.31. The summed E-state index contributed by atoms with van der Waals surface area (Å²) < 4.78 is 23.0. The Morgan fingerprint density at radius 3 is 2.33 bits per heavy atom. The highest BCUT2D eigenvalue weighted by atomic mass is 19.1. The van der Waals surface area contributed by atoms with E-state index in [4.69, 9.17) is 14.7 Å². The molecule has 43 heavy (non-hydrogen) atoms. The number of morpholine rings is 1. The van der Waals surface area contributed by atoms with Gasteiger partial charge in [-0.1, -0.05) is 0 Å². The zero-order valence-electron chi connectivity index (χ0n) is 24.9. The van der Waals surface area contributed by atoms with E-state index in [0.29, 0.717) is 44.1 Å². The molecule has 3 heterocycles. The third kappa shape index (κ3) is 6.92. The minimum Gasteiger partial charge on any atom is -0.378 e. The van der Waals surface area contributed by atoms with Crippen molar-refractivity contribution < 1.29 is 18.7 Å². The number of nitrogens with zero attached hydrogens (tertiary/aromatic N) is 6. The summed E-state index contributed by atoms with van der Waals surface area (Å²) in [5.41, 5.74) is 2.27. The van der Waals surface area contributed by atoms with Crippen LogP contribution in [0.25, 0.3) is 22.4 Å². The molecule has 3 amide bonds. The van der Waals surface area contributed by atoms with Crippen LogP contribution in [0.15, 0.2) is 54.7 Å². The molecule has 0 saturated carbocycles. The Morgan fingerprint density at radius 2 is 1.65 bits per heavy atom. The maximum absolute atomic E-state index is 15.4. The summed E-state index contributed by atoms with van der Waals surface area (Å²) in [4.78, 5) is 40.6. The van der Waals surface area contributed by atoms with E-state index in [9.17, 15) is 9.59 Å². The fraction of sp³-hybridized carbons (Fsp3) is 0.355. The van der Waals surface area contributed by atoms with Gasteiger partial charge < -0.3 is 34.6 Å². The first kappa shape index (κ1) is 29.9. The summed E-state index contributed by atoms with van der Waals surface area (Å²) in [6, 6.07) is 12.5. The Hall–Kier alpha value is -4.55. The van der Waals surface area contributed by atoms with E-state index in [1.807, 2.05) is 42.7 Å². The lowest BCUT2D eigenvalue weighted by Gasteiger charge is -2.28. The van der Waals surface area contributed by atoms with Gasteiger partial charge in [0.2, 0.25) is 0 Å². The molecule has 2 N–H and O–H groups in total. The molecule has 4 aromatic rings. The first-order valence-corrected chi connectivity index (χ1v) is 14.3. The molecule has 0 aliphatic carbocycles. The van der Waals surface area contributed by atoms with E-state index in [-0.39, 0.29) is 23.0 Å². The molecule has 2 aromatic carbocycles. The Labute approximate surface area is 250 Å². The lowest BCUT2D eigenvalue weighted by atomic mass is 10.1. The van der Waals surface area contributed by atoms with E-state index in [1.165, 1.54) is 6.07 Å². The maximum atomic E-state index is 15.4. The van der Waals surface area contributed by atoms with Crippen molar-refractivity contribution in [1.82, 2.24) is 24.3 Å². The average molecular weight is 589 g/mol. The lowest BCUT2D eigenvalue weighted by molar-refractivity contribution is 0.0786. The van der Waals surface area contributed by atoms with E-state index >= 15 is 4.39 Å². The molecule has 11 nitrogen and oxygen atoms in total. The Morgan fingerprint density at radius 1 is 0.953 bits per heavy atom. The van der Waals surface area contributed by atoms with Crippen molar-refractivity contribution in [1.29, 1.82) is 0 Å². The monoisotopic (exact) mass is 588 g/mol. The summed E-state index contributed by atoms with van der Waals surface area (Å²) in [6.45, 7) is 6.69. The second-order valence-electron chi connectivity index (χ2n) is 10.7. The fourth-order valence-electron chi connectivity index (χ4n) is 4.88. The molecule has 1 fully saturated rings. The molecule has 0 radical (unpaired) electrons. The normalized spacial score (nSPS) is 13.4. The number of hydrogen-bond acceptors (Lipinski definition) is 7. The van der Waals surface area contributed by atoms with E-state index in [0.717, 1.165) is 29.9 Å². The Kier molecular flexibility index (Phi) is 9.17. The molecule has 5 rings (SSSR count). The topological polar surface area (TPSA) is 108 Å². The number of aromatic nitrogens is 3. The number of carbonyl (C=O) groups excluding carboxylic acids is 2. The third-order valence-electron chi connectivity index (χ3n) is 7.34. The van der Waals surface area contributed by atoms with Gasteiger partial charge in [0.05, 0.1) is 24.2 Å². The number of ether oxygens (including phenoxy) is 1. The standard InChI is InChI=1S/C31H37FN8O3/c1-5-39-13-12-25-28(39)35-27(36-29(25)40-16-18-43-19-17-40)24-11-10-23(20-26(24)32)34-31(42)33-22-8-6-21(7-9-22)30(41)38(4)15-14-37(2)3/h6-13,20H,5,14-19H2,1-4H3,(H2,33,34,42). The lowest BCUT2D eigenvalue weighted by Crippen LogP contribution is -2.37. The van der Waals surface area contributed by atoms with Gasteiger partial charge in [-0.3, -0.25) is 4.79 Å². The molecule has 1 aliphatic rings. The van der Waals surface area contributed by atoms with Gasteiger partial charge in [-0.25, -0.2) is 19.2 Å². The summed E-state index contributed by atoms with van der Waals surface area (Å²) in [5.74, 6) is 0.375. The quantitative estimate of drug-likeness (QED) is 0.299. The minimum absolute atomic E-state index is 0.100. The number of halogens is 1. The number of benzene rings is 2. The number of urea groups is 1. The Balaban J connectivity index is 1.28. The highest BCUT2D eigenvalue weighted by Gasteiger charge is 2.21. The number of hydrogen-bond donors (Lipinski definition) is 2. The van der Waals surface area contributed by atoms with Crippen molar-refractivity contribution in [3.05, 3.63) is 66.1 Å². The number of fused-ring (bicyclic) bond motifs is 1. The van der Waals surface area contributed by atoms with Crippen molar-refractivity contribution in [2.24, 2.45) is 0 Å². The molecule has 226 valence electrons. The molecule has 0 unspecified atom stereocenters. The predicted molar refractivity (Wildman–Crippen MR) is 166 cm³/mol. The molecule has 1 aliphatic heterocycles. The number of aryl methyl sites for hydroxylation is 1. The molecule has 0 spiro atoms. The van der Waals surface area contributed by atoms with Gasteiger partial charge in [-0.05, 0) is 69.6 Å². The summed E-state index contributed by atoms with van der Waals surface area (Å²) in [7, 11) is 5.66. The molecular formula is C31H37FN8O3. The summed E-state index contributed by atoms with van der Waals surface area (Å²) in [6.07, 6.45) is 1.96. The second-order valence-corrected chi connectivity index (χ2v) is 10.7. The smallest absolute Gasteiger partial charge is 0.323 e. The van der Waals surface area contributed by atoms with Gasteiger partial charge >= 0.3 is 6.03 Å². The number of likely N-dealkylation sites (N-methyl/N-ethyl adjacent to an activating group) is 2. The molecule has 2 aromatic heterocycles. The highest BCUT2D eigenvalue weighted by molar-refractivity contribution is 6.00. The number of anilines is 3. The third-order valence-corrected chi connectivity index (χ3v) is 7.34. The van der Waals surface area contributed by atoms with Crippen molar-refractivity contribution in [3.8, 4) is 11.4 Å². The molecule has 1 saturated heterocycles. The molecule has 0 atom stereocenters. The second kappa shape index (κ2) is 13.2. The number of carbonyl (C=O) groups is 2. The molecule has 0 bridgehead atoms. The van der Waals surface area contributed by atoms with Crippen LogP contribution in [0.5, 0.6) is 0 Å². The van der Waals surface area contributed by atoms with Crippen LogP contribution in [0.2, 0.25) is 0 Å². The first-order valence-electron chi connectivity index (χ1n) is 14.3. The average Bonchev–Trinajstić information content (AvgIpc) is 3.43. The van der Waals surface area contributed by atoms with Crippen molar-refractivity contribution >= 4 is 40.2 Å². The van der Waals surface area contributed by atoms with Gasteiger partial charge in [0.1, 0.15) is 17.3 Å². The number of amides is 3. The van der Waals surface area contributed by atoms with Crippen LogP contribution in [0.3, 0.4) is 0 Å². The number of rotatable bonds is 9. The van der Waals surface area contributed by atoms with Crippen LogP contribution >= 0.6 is 0 Å². The van der Waals surface area contributed by atoms with Crippen molar-refractivity contribution in [2.45, 2.75) is 13.5 Å². The predicted octanol–water partition coefficient (Wildman–Crippen LogP) is 4.37. The Bertz CT molecular complexity index is 1600. The zero-order chi connectivity index (χ0) is 30.5. The molecular weight excluding hydrogens is 551 g/mol. The number of nitrogens with one attached hydrogen (secondary N) is 2. The SMILES string of the molecule is CCn1ccc2c(N3CCOCC3)nc(-c3ccc(NC(=O)Nc4ccc(C(=O)N(C)CCN(C)C)cc4)cc3F)nc21. The van der Waals surface area contributed by atoms with Crippen LogP contribution in [-0.2, 0) is 11.3 Å².